The van der Waals surface area contributed by atoms with E-state index in [4.69, 9.17) is 5.11 Å². The number of carbonyl (C=O) groups is 1. The number of hydrogen-bond donors (Lipinski definition) is 2. The van der Waals surface area contributed by atoms with Gasteiger partial charge in [0.25, 0.3) is 10.0 Å². The summed E-state index contributed by atoms with van der Waals surface area (Å²) in [6.45, 7) is 1.49. The van der Waals surface area contributed by atoms with Crippen molar-refractivity contribution in [2.75, 3.05) is 4.72 Å². The number of aliphatic carboxylic acids is 1. The summed E-state index contributed by atoms with van der Waals surface area (Å²) in [5.74, 6) is -1.05. The normalized spacial score (nSPS) is 11.4. The molecule has 2 aromatic rings. The van der Waals surface area contributed by atoms with Crippen LogP contribution in [0.3, 0.4) is 0 Å². The Balaban J connectivity index is 2.16. The summed E-state index contributed by atoms with van der Waals surface area (Å²) in [4.78, 5) is 11.4. The molecule has 102 valence electrons. The first-order chi connectivity index (χ1) is 8.87. The molecule has 2 N–H and O–H groups in total. The molecule has 0 aliphatic carbocycles. The second kappa shape index (κ2) is 5.02. The molecule has 2 heterocycles. The second-order valence-electron chi connectivity index (χ2n) is 3.79. The Morgan fingerprint density at radius 3 is 2.84 bits per heavy atom. The maximum Gasteiger partial charge on any atom is 0.325 e. The summed E-state index contributed by atoms with van der Waals surface area (Å²) in [6, 6.07) is 3.23. The number of sulfonamides is 1. The number of carboxylic acid groups (broad SMARTS) is 1. The van der Waals surface area contributed by atoms with Gasteiger partial charge in [-0.3, -0.25) is 14.2 Å². The molecule has 0 aromatic carbocycles. The molecule has 0 bridgehead atoms. The molecule has 0 spiro atoms. The molecule has 0 amide bonds. The van der Waals surface area contributed by atoms with Crippen LogP contribution in [-0.4, -0.2) is 29.3 Å². The van der Waals surface area contributed by atoms with Gasteiger partial charge in [0.1, 0.15) is 10.8 Å². The molecule has 0 saturated carbocycles. The van der Waals surface area contributed by atoms with E-state index < -0.39 is 16.0 Å². The minimum atomic E-state index is -3.64. The van der Waals surface area contributed by atoms with E-state index in [-0.39, 0.29) is 16.4 Å². The lowest BCUT2D eigenvalue weighted by atomic mass is 10.5. The lowest BCUT2D eigenvalue weighted by Crippen LogP contribution is -2.11. The van der Waals surface area contributed by atoms with Crippen LogP contribution in [0.4, 0.5) is 5.69 Å². The van der Waals surface area contributed by atoms with Gasteiger partial charge in [-0.1, -0.05) is 0 Å². The van der Waals surface area contributed by atoms with Gasteiger partial charge in [0.05, 0.1) is 11.9 Å². The number of nitrogens with one attached hydrogen (secondary N) is 1. The van der Waals surface area contributed by atoms with Crippen LogP contribution >= 0.6 is 11.3 Å². The van der Waals surface area contributed by atoms with Crippen molar-refractivity contribution in [1.82, 2.24) is 9.78 Å². The van der Waals surface area contributed by atoms with E-state index in [1.165, 1.54) is 18.5 Å². The monoisotopic (exact) mass is 301 g/mol. The summed E-state index contributed by atoms with van der Waals surface area (Å²) < 4.78 is 27.7. The molecular formula is C10H11N3O4S2. The van der Waals surface area contributed by atoms with E-state index in [0.29, 0.717) is 0 Å². The third kappa shape index (κ3) is 3.32. The first kappa shape index (κ1) is 13.6. The minimum Gasteiger partial charge on any atom is -0.480 e. The van der Waals surface area contributed by atoms with Gasteiger partial charge in [0, 0.05) is 11.1 Å². The van der Waals surface area contributed by atoms with E-state index in [1.54, 1.807) is 6.07 Å². The quantitative estimate of drug-likeness (QED) is 0.862. The smallest absolute Gasteiger partial charge is 0.325 e. The lowest BCUT2D eigenvalue weighted by Gasteiger charge is -2.02. The fourth-order valence-corrected chi connectivity index (χ4v) is 3.71. The fourth-order valence-electron chi connectivity index (χ4n) is 1.40. The third-order valence-electron chi connectivity index (χ3n) is 2.16. The second-order valence-corrected chi connectivity index (χ2v) is 6.99. The van der Waals surface area contributed by atoms with Gasteiger partial charge in [0.15, 0.2) is 0 Å². The highest BCUT2D eigenvalue weighted by molar-refractivity contribution is 7.94. The lowest BCUT2D eigenvalue weighted by molar-refractivity contribution is -0.137. The van der Waals surface area contributed by atoms with Crippen molar-refractivity contribution in [2.45, 2.75) is 17.7 Å². The van der Waals surface area contributed by atoms with Crippen LogP contribution in [0.15, 0.2) is 28.7 Å². The van der Waals surface area contributed by atoms with Gasteiger partial charge in [-0.05, 0) is 19.1 Å². The van der Waals surface area contributed by atoms with E-state index in [1.807, 2.05) is 6.92 Å². The Bertz CT molecular complexity index is 702. The molecule has 0 atom stereocenters. The Morgan fingerprint density at radius 1 is 1.53 bits per heavy atom. The number of carboxylic acids is 1. The Hall–Kier alpha value is -1.87. The number of hydrogen-bond acceptors (Lipinski definition) is 5. The van der Waals surface area contributed by atoms with Crippen molar-refractivity contribution >= 4 is 33.0 Å². The average Bonchev–Trinajstić information content (AvgIpc) is 2.87. The van der Waals surface area contributed by atoms with E-state index >= 15 is 0 Å². The molecule has 9 heteroatoms. The zero-order chi connectivity index (χ0) is 14.0. The van der Waals surface area contributed by atoms with Crippen LogP contribution in [0.5, 0.6) is 0 Å². The van der Waals surface area contributed by atoms with Crippen LogP contribution in [0.2, 0.25) is 0 Å². The number of anilines is 1. The Labute approximate surface area is 113 Å². The number of rotatable bonds is 5. The van der Waals surface area contributed by atoms with Crippen molar-refractivity contribution in [1.29, 1.82) is 0 Å². The SMILES string of the molecule is Cc1ccc(S(=O)(=O)Nc2cnn(CC(=O)O)c2)s1. The average molecular weight is 301 g/mol. The standard InChI is InChI=1S/C10H11N3O4S2/c1-7-2-3-10(18-7)19(16,17)12-8-4-11-13(5-8)6-9(14)15/h2-5,12H,6H2,1H3,(H,14,15). The van der Waals surface area contributed by atoms with E-state index in [0.717, 1.165) is 20.9 Å². The molecule has 0 aliphatic rings. The number of thiophene rings is 1. The van der Waals surface area contributed by atoms with Gasteiger partial charge in [-0.15, -0.1) is 11.3 Å². The third-order valence-corrected chi connectivity index (χ3v) is 5.04. The van der Waals surface area contributed by atoms with Gasteiger partial charge in [-0.2, -0.15) is 5.10 Å². The maximum atomic E-state index is 12.0. The summed E-state index contributed by atoms with van der Waals surface area (Å²) >= 11 is 1.16. The fraction of sp³-hybridized carbons (Fsp3) is 0.200. The zero-order valence-corrected chi connectivity index (χ0v) is 11.5. The summed E-state index contributed by atoms with van der Waals surface area (Å²) in [7, 11) is -3.64. The van der Waals surface area contributed by atoms with Crippen molar-refractivity contribution in [2.24, 2.45) is 0 Å². The molecule has 0 fully saturated rings. The van der Waals surface area contributed by atoms with E-state index in [9.17, 15) is 13.2 Å². The molecule has 0 unspecified atom stereocenters. The molecule has 2 aromatic heterocycles. The van der Waals surface area contributed by atoms with Crippen molar-refractivity contribution in [3.8, 4) is 0 Å². The van der Waals surface area contributed by atoms with Crippen molar-refractivity contribution in [3.63, 3.8) is 0 Å². The topological polar surface area (TPSA) is 101 Å². The van der Waals surface area contributed by atoms with Crippen molar-refractivity contribution < 1.29 is 18.3 Å². The molecule has 0 aliphatic heterocycles. The molecule has 0 saturated heterocycles. The van der Waals surface area contributed by atoms with Crippen LogP contribution in [0, 0.1) is 6.92 Å². The predicted molar refractivity (Wildman–Crippen MR) is 69.7 cm³/mol. The summed E-state index contributed by atoms with van der Waals surface area (Å²) in [6.07, 6.45) is 2.59. The molecule has 2 rings (SSSR count). The Morgan fingerprint density at radius 2 is 2.26 bits per heavy atom. The highest BCUT2D eigenvalue weighted by Crippen LogP contribution is 2.23. The molecule has 7 nitrogen and oxygen atoms in total. The van der Waals surface area contributed by atoms with Crippen LogP contribution in [-0.2, 0) is 21.4 Å². The highest BCUT2D eigenvalue weighted by atomic mass is 32.2. The number of aromatic nitrogens is 2. The van der Waals surface area contributed by atoms with E-state index in [2.05, 4.69) is 9.82 Å². The molecular weight excluding hydrogens is 290 g/mol. The van der Waals surface area contributed by atoms with Gasteiger partial charge in [0.2, 0.25) is 0 Å². The van der Waals surface area contributed by atoms with Crippen LogP contribution in [0.25, 0.3) is 0 Å². The minimum absolute atomic E-state index is 0.205. The summed E-state index contributed by atoms with van der Waals surface area (Å²) in [5.41, 5.74) is 0.229. The summed E-state index contributed by atoms with van der Waals surface area (Å²) in [5, 5.41) is 12.3. The number of aryl methyl sites for hydroxylation is 1. The van der Waals surface area contributed by atoms with Crippen molar-refractivity contribution in [3.05, 3.63) is 29.4 Å². The highest BCUT2D eigenvalue weighted by Gasteiger charge is 2.17. The predicted octanol–water partition coefficient (Wildman–Crippen LogP) is 1.14. The van der Waals surface area contributed by atoms with Crippen LogP contribution in [0.1, 0.15) is 4.88 Å². The maximum absolute atomic E-state index is 12.0. The largest absolute Gasteiger partial charge is 0.480 e. The van der Waals surface area contributed by atoms with Gasteiger partial charge < -0.3 is 5.11 Å². The van der Waals surface area contributed by atoms with Gasteiger partial charge >= 0.3 is 5.97 Å². The van der Waals surface area contributed by atoms with Gasteiger partial charge in [-0.25, -0.2) is 8.42 Å². The molecule has 19 heavy (non-hydrogen) atoms. The molecule has 0 radical (unpaired) electrons. The first-order valence-electron chi connectivity index (χ1n) is 5.20. The van der Waals surface area contributed by atoms with Crippen LogP contribution < -0.4 is 4.72 Å². The first-order valence-corrected chi connectivity index (χ1v) is 7.50. The number of nitrogens with zero attached hydrogens (tertiary/aromatic N) is 2. The Kier molecular flexibility index (Phi) is 3.58. The zero-order valence-electron chi connectivity index (χ0n) is 9.90.